The zero-order valence-corrected chi connectivity index (χ0v) is 12.2. The monoisotopic (exact) mass is 275 g/mol. The topological polar surface area (TPSA) is 56.4 Å². The van der Waals surface area contributed by atoms with Gasteiger partial charge in [-0.3, -0.25) is 13.9 Å². The quantitative estimate of drug-likeness (QED) is 0.727. The molecule has 3 rings (SSSR count). The van der Waals surface area contributed by atoms with E-state index in [1.807, 2.05) is 0 Å². The molecule has 1 atom stereocenters. The average Bonchev–Trinajstić information content (AvgIpc) is 2.53. The molecule has 0 aromatic carbocycles. The predicted molar refractivity (Wildman–Crippen MR) is 79.1 cm³/mol. The van der Waals surface area contributed by atoms with Gasteiger partial charge in [0.1, 0.15) is 5.82 Å². The molecular formula is C15H21N3O2. The molecule has 0 amide bonds. The van der Waals surface area contributed by atoms with Crippen molar-refractivity contribution in [3.8, 4) is 0 Å². The third-order valence-electron chi connectivity index (χ3n) is 4.59. The Hall–Kier alpha value is -1.65. The van der Waals surface area contributed by atoms with Crippen molar-refractivity contribution in [3.63, 3.8) is 0 Å². The van der Waals surface area contributed by atoms with Crippen LogP contribution in [0.1, 0.15) is 56.4 Å². The minimum Gasteiger partial charge on any atom is -0.281 e. The number of hydrogen-bond acceptors (Lipinski definition) is 3. The summed E-state index contributed by atoms with van der Waals surface area (Å²) < 4.78 is 2.74. The van der Waals surface area contributed by atoms with Gasteiger partial charge < -0.3 is 0 Å². The van der Waals surface area contributed by atoms with Crippen molar-refractivity contribution in [3.05, 3.63) is 26.4 Å². The molecule has 5 nitrogen and oxygen atoms in total. The summed E-state index contributed by atoms with van der Waals surface area (Å²) in [5.41, 5.74) is 1.47. The average molecular weight is 275 g/mol. The number of rotatable bonds is 0. The molecule has 1 aromatic rings. The van der Waals surface area contributed by atoms with Crippen molar-refractivity contribution in [1.29, 1.82) is 0 Å². The lowest BCUT2D eigenvalue weighted by atomic mass is 9.87. The zero-order valence-electron chi connectivity index (χ0n) is 12.2. The van der Waals surface area contributed by atoms with Gasteiger partial charge in [0, 0.05) is 19.8 Å². The summed E-state index contributed by atoms with van der Waals surface area (Å²) in [6, 6.07) is 0. The zero-order chi connectivity index (χ0) is 14.3. The molecule has 1 saturated carbocycles. The summed E-state index contributed by atoms with van der Waals surface area (Å²) in [7, 11) is 3.27. The number of hydrogen-bond donors (Lipinski definition) is 0. The van der Waals surface area contributed by atoms with Crippen molar-refractivity contribution in [2.45, 2.75) is 50.9 Å². The molecule has 1 aliphatic carbocycles. The van der Waals surface area contributed by atoms with Crippen LogP contribution in [0.2, 0.25) is 0 Å². The van der Waals surface area contributed by atoms with Gasteiger partial charge in [0.05, 0.1) is 5.56 Å². The molecule has 1 unspecified atom stereocenters. The first-order chi connectivity index (χ1) is 9.59. The van der Waals surface area contributed by atoms with Crippen molar-refractivity contribution in [2.24, 2.45) is 19.1 Å². The Kier molecular flexibility index (Phi) is 3.36. The minimum atomic E-state index is -0.285. The van der Waals surface area contributed by atoms with E-state index in [0.717, 1.165) is 37.0 Å². The molecule has 0 saturated heterocycles. The lowest BCUT2D eigenvalue weighted by Crippen LogP contribution is -2.40. The maximum Gasteiger partial charge on any atom is 0.332 e. The van der Waals surface area contributed by atoms with Crippen LogP contribution in [0.3, 0.4) is 0 Å². The highest BCUT2D eigenvalue weighted by atomic mass is 16.2. The van der Waals surface area contributed by atoms with E-state index >= 15 is 0 Å². The van der Waals surface area contributed by atoms with Gasteiger partial charge in [0.2, 0.25) is 0 Å². The van der Waals surface area contributed by atoms with Crippen LogP contribution in [0.4, 0.5) is 5.82 Å². The normalized spacial score (nSPS) is 22.3. The van der Waals surface area contributed by atoms with Crippen LogP contribution in [-0.2, 0) is 14.1 Å². The van der Waals surface area contributed by atoms with Crippen LogP contribution < -0.4 is 11.2 Å². The number of aliphatic imine (C=N–C) groups is 1. The van der Waals surface area contributed by atoms with E-state index in [0.29, 0.717) is 5.82 Å². The van der Waals surface area contributed by atoms with Crippen LogP contribution >= 0.6 is 0 Å². The first-order valence-corrected chi connectivity index (χ1v) is 7.46. The molecule has 0 radical (unpaired) electrons. The van der Waals surface area contributed by atoms with Crippen molar-refractivity contribution in [2.75, 3.05) is 0 Å². The second kappa shape index (κ2) is 5.04. The molecule has 0 spiro atoms. The van der Waals surface area contributed by atoms with Crippen LogP contribution in [0.25, 0.3) is 0 Å². The van der Waals surface area contributed by atoms with E-state index < -0.39 is 0 Å². The molecule has 108 valence electrons. The van der Waals surface area contributed by atoms with Gasteiger partial charge in [-0.25, -0.2) is 9.79 Å². The fourth-order valence-electron chi connectivity index (χ4n) is 3.41. The van der Waals surface area contributed by atoms with Crippen molar-refractivity contribution >= 4 is 11.5 Å². The first-order valence-electron chi connectivity index (χ1n) is 7.46. The highest BCUT2D eigenvalue weighted by Gasteiger charge is 2.29. The van der Waals surface area contributed by atoms with Gasteiger partial charge in [-0.15, -0.1) is 0 Å². The van der Waals surface area contributed by atoms with Crippen LogP contribution in [0.5, 0.6) is 0 Å². The van der Waals surface area contributed by atoms with E-state index in [4.69, 9.17) is 0 Å². The fraction of sp³-hybridized carbons (Fsp3) is 0.667. The lowest BCUT2D eigenvalue weighted by Gasteiger charge is -2.25. The van der Waals surface area contributed by atoms with Gasteiger partial charge in [-0.1, -0.05) is 19.3 Å². The molecule has 2 aliphatic rings. The Morgan fingerprint density at radius 3 is 2.60 bits per heavy atom. The fourth-order valence-corrected chi connectivity index (χ4v) is 3.41. The molecule has 1 aromatic heterocycles. The first kappa shape index (κ1) is 13.3. The van der Waals surface area contributed by atoms with Gasteiger partial charge in [0.15, 0.2) is 0 Å². The van der Waals surface area contributed by atoms with Crippen LogP contribution in [-0.4, -0.2) is 14.8 Å². The van der Waals surface area contributed by atoms with Crippen molar-refractivity contribution < 1.29 is 0 Å². The molecule has 0 N–H and O–H groups in total. The Morgan fingerprint density at radius 1 is 1.05 bits per heavy atom. The summed E-state index contributed by atoms with van der Waals surface area (Å²) in [5, 5.41) is 0. The third-order valence-corrected chi connectivity index (χ3v) is 4.59. The Labute approximate surface area is 118 Å². The minimum absolute atomic E-state index is 0.157. The number of nitrogens with zero attached hydrogens (tertiary/aromatic N) is 3. The van der Waals surface area contributed by atoms with Crippen LogP contribution in [0.15, 0.2) is 14.6 Å². The van der Waals surface area contributed by atoms with E-state index in [1.165, 1.54) is 28.4 Å². The summed E-state index contributed by atoms with van der Waals surface area (Å²) in [5.74, 6) is 0.840. The summed E-state index contributed by atoms with van der Waals surface area (Å²) in [4.78, 5) is 29.1. The van der Waals surface area contributed by atoms with E-state index in [2.05, 4.69) is 4.99 Å². The van der Waals surface area contributed by atoms with E-state index in [9.17, 15) is 9.59 Å². The molecule has 1 aliphatic heterocycles. The van der Waals surface area contributed by atoms with Gasteiger partial charge >= 0.3 is 5.69 Å². The second-order valence-electron chi connectivity index (χ2n) is 5.98. The molecule has 2 heterocycles. The molecular weight excluding hydrogens is 254 g/mol. The van der Waals surface area contributed by atoms with Crippen molar-refractivity contribution in [1.82, 2.24) is 9.13 Å². The van der Waals surface area contributed by atoms with Gasteiger partial charge in [-0.05, 0) is 31.6 Å². The lowest BCUT2D eigenvalue weighted by molar-refractivity contribution is 0.553. The summed E-state index contributed by atoms with van der Waals surface area (Å²) in [6.45, 7) is 0. The molecule has 2 bridgehead atoms. The summed E-state index contributed by atoms with van der Waals surface area (Å²) in [6.07, 6.45) is 7.70. The smallest absolute Gasteiger partial charge is 0.281 e. The number of aromatic nitrogens is 2. The van der Waals surface area contributed by atoms with E-state index in [1.54, 1.807) is 14.1 Å². The Morgan fingerprint density at radius 2 is 1.80 bits per heavy atom. The largest absolute Gasteiger partial charge is 0.332 e. The number of fused-ring (bicyclic) bond motifs is 4. The Bertz CT molecular complexity index is 682. The molecule has 5 heteroatoms. The standard InChI is InChI=1S/C15H21N3O2/c1-17-13-12(14(19)18(2)15(17)20)10-7-5-3-4-6-8-11(9-10)16-13/h10H,3-9H2,1-2H3. The second-order valence-corrected chi connectivity index (χ2v) is 5.98. The molecule has 1 fully saturated rings. The van der Waals surface area contributed by atoms with Gasteiger partial charge in [0.25, 0.3) is 5.56 Å². The third kappa shape index (κ3) is 2.05. The highest BCUT2D eigenvalue weighted by molar-refractivity contribution is 5.89. The SMILES string of the molecule is Cn1c2c(c(=O)n(C)c1=O)C1CCCCCCC(=N2)C1. The summed E-state index contributed by atoms with van der Waals surface area (Å²) >= 11 is 0. The predicted octanol–water partition coefficient (Wildman–Crippen LogP) is 2.00. The van der Waals surface area contributed by atoms with E-state index in [-0.39, 0.29) is 17.2 Å². The molecule has 20 heavy (non-hydrogen) atoms. The maximum atomic E-state index is 12.5. The van der Waals surface area contributed by atoms with Gasteiger partial charge in [-0.2, -0.15) is 0 Å². The maximum absolute atomic E-state index is 12.5. The highest BCUT2D eigenvalue weighted by Crippen LogP contribution is 2.36. The van der Waals surface area contributed by atoms with Crippen LogP contribution in [0, 0.1) is 0 Å². The Balaban J connectivity index is 2.24.